The summed E-state index contributed by atoms with van der Waals surface area (Å²) in [4.78, 5) is 6.46. The SMILES string of the molecule is OC1(C2CC2)CN(Cc2cccc(Cl)n2)C1. The van der Waals surface area contributed by atoms with Crippen LogP contribution in [-0.4, -0.2) is 33.7 Å². The van der Waals surface area contributed by atoms with Gasteiger partial charge >= 0.3 is 0 Å². The molecular weight excluding hydrogens is 224 g/mol. The predicted molar refractivity (Wildman–Crippen MR) is 62.2 cm³/mol. The minimum Gasteiger partial charge on any atom is -0.387 e. The lowest BCUT2D eigenvalue weighted by atomic mass is 9.88. The second-order valence-electron chi connectivity index (χ2n) is 4.97. The Morgan fingerprint density at radius 1 is 1.44 bits per heavy atom. The van der Waals surface area contributed by atoms with Crippen LogP contribution >= 0.6 is 11.6 Å². The average molecular weight is 239 g/mol. The van der Waals surface area contributed by atoms with Gasteiger partial charge in [0.15, 0.2) is 0 Å². The molecule has 2 aliphatic rings. The number of nitrogens with zero attached hydrogens (tertiary/aromatic N) is 2. The molecule has 0 bridgehead atoms. The Bertz CT molecular complexity index is 400. The highest BCUT2D eigenvalue weighted by Gasteiger charge is 2.51. The lowest BCUT2D eigenvalue weighted by Gasteiger charge is -2.47. The molecule has 1 aliphatic heterocycles. The van der Waals surface area contributed by atoms with Crippen LogP contribution in [0, 0.1) is 5.92 Å². The maximum atomic E-state index is 10.2. The third-order valence-electron chi connectivity index (χ3n) is 3.49. The highest BCUT2D eigenvalue weighted by molar-refractivity contribution is 6.29. The average Bonchev–Trinajstić information content (AvgIpc) is 2.98. The Hall–Kier alpha value is -0.640. The summed E-state index contributed by atoms with van der Waals surface area (Å²) >= 11 is 5.83. The maximum Gasteiger partial charge on any atom is 0.129 e. The Morgan fingerprint density at radius 2 is 2.19 bits per heavy atom. The van der Waals surface area contributed by atoms with Gasteiger partial charge in [0.05, 0.1) is 11.3 Å². The van der Waals surface area contributed by atoms with Crippen LogP contribution in [0.3, 0.4) is 0 Å². The highest BCUT2D eigenvalue weighted by atomic mass is 35.5. The molecule has 0 aromatic carbocycles. The van der Waals surface area contributed by atoms with Crippen molar-refractivity contribution in [2.45, 2.75) is 25.0 Å². The summed E-state index contributed by atoms with van der Waals surface area (Å²) in [5, 5.41) is 10.7. The lowest BCUT2D eigenvalue weighted by molar-refractivity contribution is -0.117. The third kappa shape index (κ3) is 1.95. The first-order chi connectivity index (χ1) is 7.66. The van der Waals surface area contributed by atoms with Crippen molar-refractivity contribution in [1.82, 2.24) is 9.88 Å². The van der Waals surface area contributed by atoms with E-state index in [0.29, 0.717) is 11.1 Å². The first-order valence-corrected chi connectivity index (χ1v) is 6.10. The normalized spacial score (nSPS) is 24.1. The minimum atomic E-state index is -0.404. The van der Waals surface area contributed by atoms with Gasteiger partial charge in [0, 0.05) is 19.6 Å². The van der Waals surface area contributed by atoms with E-state index in [2.05, 4.69) is 9.88 Å². The smallest absolute Gasteiger partial charge is 0.129 e. The molecule has 0 amide bonds. The van der Waals surface area contributed by atoms with E-state index < -0.39 is 5.60 Å². The summed E-state index contributed by atoms with van der Waals surface area (Å²) in [5.41, 5.74) is 0.573. The molecule has 16 heavy (non-hydrogen) atoms. The zero-order chi connectivity index (χ0) is 11.2. The number of rotatable bonds is 3. The summed E-state index contributed by atoms with van der Waals surface area (Å²) < 4.78 is 0. The summed E-state index contributed by atoms with van der Waals surface area (Å²) in [7, 11) is 0. The van der Waals surface area contributed by atoms with Crippen LogP contribution in [0.25, 0.3) is 0 Å². The summed E-state index contributed by atoms with van der Waals surface area (Å²) in [6.07, 6.45) is 2.39. The summed E-state index contributed by atoms with van der Waals surface area (Å²) in [5.74, 6) is 0.552. The minimum absolute atomic E-state index is 0.404. The van der Waals surface area contributed by atoms with Gasteiger partial charge in [0.1, 0.15) is 5.15 Å². The number of β-amino-alcohol motifs (C(OH)–C–C–N with tert-alkyl or cyclic N) is 1. The Morgan fingerprint density at radius 3 is 2.81 bits per heavy atom. The zero-order valence-corrected chi connectivity index (χ0v) is 9.82. The molecule has 2 heterocycles. The van der Waals surface area contributed by atoms with Crippen LogP contribution in [0.5, 0.6) is 0 Å². The number of hydrogen-bond donors (Lipinski definition) is 1. The Balaban J connectivity index is 1.58. The topological polar surface area (TPSA) is 36.4 Å². The van der Waals surface area contributed by atoms with Crippen LogP contribution < -0.4 is 0 Å². The number of likely N-dealkylation sites (tertiary alicyclic amines) is 1. The lowest BCUT2D eigenvalue weighted by Crippen LogP contribution is -2.62. The van der Waals surface area contributed by atoms with Gasteiger partial charge in [-0.2, -0.15) is 0 Å². The van der Waals surface area contributed by atoms with Gasteiger partial charge in [-0.1, -0.05) is 17.7 Å². The molecule has 4 heteroatoms. The van der Waals surface area contributed by atoms with E-state index in [4.69, 9.17) is 11.6 Å². The number of hydrogen-bond acceptors (Lipinski definition) is 3. The second kappa shape index (κ2) is 3.69. The summed E-state index contributed by atoms with van der Waals surface area (Å²) in [6.45, 7) is 2.35. The van der Waals surface area contributed by atoms with E-state index in [9.17, 15) is 5.11 Å². The van der Waals surface area contributed by atoms with Gasteiger partial charge in [0.25, 0.3) is 0 Å². The molecular formula is C12H15ClN2O. The molecule has 86 valence electrons. The largest absolute Gasteiger partial charge is 0.387 e. The van der Waals surface area contributed by atoms with Gasteiger partial charge in [0.2, 0.25) is 0 Å². The van der Waals surface area contributed by atoms with Crippen LogP contribution in [0.15, 0.2) is 18.2 Å². The molecule has 1 N–H and O–H groups in total. The molecule has 1 aromatic rings. The molecule has 2 fully saturated rings. The molecule has 1 saturated heterocycles. The maximum absolute atomic E-state index is 10.2. The fraction of sp³-hybridized carbons (Fsp3) is 0.583. The van der Waals surface area contributed by atoms with Gasteiger partial charge in [-0.05, 0) is 30.9 Å². The van der Waals surface area contributed by atoms with Crippen molar-refractivity contribution < 1.29 is 5.11 Å². The fourth-order valence-electron chi connectivity index (χ4n) is 2.49. The molecule has 0 radical (unpaired) electrons. The van der Waals surface area contributed by atoms with Gasteiger partial charge in [-0.25, -0.2) is 4.98 Å². The quantitative estimate of drug-likeness (QED) is 0.815. The van der Waals surface area contributed by atoms with Crippen molar-refractivity contribution in [3.05, 3.63) is 29.0 Å². The van der Waals surface area contributed by atoms with Crippen LogP contribution in [0.2, 0.25) is 5.15 Å². The van der Waals surface area contributed by atoms with E-state index in [-0.39, 0.29) is 0 Å². The molecule has 3 nitrogen and oxygen atoms in total. The van der Waals surface area contributed by atoms with Gasteiger partial charge < -0.3 is 5.11 Å². The second-order valence-corrected chi connectivity index (χ2v) is 5.36. The van der Waals surface area contributed by atoms with Gasteiger partial charge in [-0.3, -0.25) is 4.90 Å². The monoisotopic (exact) mass is 238 g/mol. The Labute approximate surface area is 100 Å². The number of aromatic nitrogens is 1. The standard InChI is InChI=1S/C12H15ClN2O/c13-11-3-1-2-10(14-11)6-15-7-12(16,8-15)9-4-5-9/h1-3,9,16H,4-8H2. The molecule has 3 rings (SSSR count). The van der Waals surface area contributed by atoms with Crippen molar-refractivity contribution in [2.75, 3.05) is 13.1 Å². The van der Waals surface area contributed by atoms with E-state index in [1.807, 2.05) is 12.1 Å². The van der Waals surface area contributed by atoms with Crippen molar-refractivity contribution in [3.8, 4) is 0 Å². The molecule has 1 aromatic heterocycles. The van der Waals surface area contributed by atoms with Crippen LogP contribution in [-0.2, 0) is 6.54 Å². The number of aliphatic hydroxyl groups is 1. The molecule has 0 spiro atoms. The third-order valence-corrected chi connectivity index (χ3v) is 3.70. The van der Waals surface area contributed by atoms with Gasteiger partial charge in [-0.15, -0.1) is 0 Å². The Kier molecular flexibility index (Phi) is 2.42. The molecule has 0 atom stereocenters. The van der Waals surface area contributed by atoms with E-state index >= 15 is 0 Å². The highest BCUT2D eigenvalue weighted by Crippen LogP contribution is 2.44. The van der Waals surface area contributed by atoms with Crippen molar-refractivity contribution >= 4 is 11.6 Å². The van der Waals surface area contributed by atoms with Crippen molar-refractivity contribution in [2.24, 2.45) is 5.92 Å². The van der Waals surface area contributed by atoms with Crippen LogP contribution in [0.1, 0.15) is 18.5 Å². The molecule has 0 unspecified atom stereocenters. The van der Waals surface area contributed by atoms with Crippen molar-refractivity contribution in [3.63, 3.8) is 0 Å². The summed E-state index contributed by atoms with van der Waals surface area (Å²) in [6, 6.07) is 5.67. The fourth-order valence-corrected chi connectivity index (χ4v) is 2.67. The zero-order valence-electron chi connectivity index (χ0n) is 9.06. The number of halogens is 1. The van der Waals surface area contributed by atoms with E-state index in [0.717, 1.165) is 25.3 Å². The van der Waals surface area contributed by atoms with Crippen LogP contribution in [0.4, 0.5) is 0 Å². The van der Waals surface area contributed by atoms with E-state index in [1.165, 1.54) is 12.8 Å². The van der Waals surface area contributed by atoms with E-state index in [1.54, 1.807) is 6.07 Å². The first kappa shape index (κ1) is 10.5. The first-order valence-electron chi connectivity index (χ1n) is 5.72. The number of pyridine rings is 1. The van der Waals surface area contributed by atoms with Crippen molar-refractivity contribution in [1.29, 1.82) is 0 Å². The molecule has 1 saturated carbocycles. The predicted octanol–water partition coefficient (Wildman–Crippen LogP) is 1.69. The molecule has 1 aliphatic carbocycles.